The van der Waals surface area contributed by atoms with Gasteiger partial charge in [0.25, 0.3) is 0 Å². The van der Waals surface area contributed by atoms with Gasteiger partial charge in [-0.3, -0.25) is 19.7 Å². The van der Waals surface area contributed by atoms with E-state index >= 15 is 0 Å². The lowest BCUT2D eigenvalue weighted by Gasteiger charge is -2.28. The predicted molar refractivity (Wildman–Crippen MR) is 140 cm³/mol. The number of aromatic nitrogens is 3. The largest absolute Gasteiger partial charge is 0.480 e. The standard InChI is InChI=1S/C26H27N9O2/c1-16(35-10-4-9-24(35)25(36)37)20-8-3-7-19(31-20)14-30-15-23(34-29)22-12-21(32-26(28)33-22)18-6-2-5-17(11-18)13-27/h2-3,5-8,11-12,15-16,24H,4,9-10,14,29H2,1H3,(H,36,37)(H2,28,32,33)/t16-,24+/m0/s1. The van der Waals surface area contributed by atoms with Crippen molar-refractivity contribution >= 4 is 23.8 Å². The highest BCUT2D eigenvalue weighted by molar-refractivity contribution is 6.37. The molecule has 0 aliphatic carbocycles. The molecule has 0 spiro atoms. The van der Waals surface area contributed by atoms with Crippen molar-refractivity contribution in [3.63, 3.8) is 0 Å². The molecule has 3 heterocycles. The van der Waals surface area contributed by atoms with Gasteiger partial charge in [-0.15, -0.1) is 0 Å². The molecule has 0 radical (unpaired) electrons. The van der Waals surface area contributed by atoms with Crippen LogP contribution in [0.1, 0.15) is 48.5 Å². The highest BCUT2D eigenvalue weighted by Crippen LogP contribution is 2.28. The quantitative estimate of drug-likeness (QED) is 0.239. The van der Waals surface area contributed by atoms with Crippen molar-refractivity contribution in [2.75, 3.05) is 12.3 Å². The average Bonchev–Trinajstić information content (AvgIpc) is 3.41. The van der Waals surface area contributed by atoms with Gasteiger partial charge in [0.1, 0.15) is 11.8 Å². The van der Waals surface area contributed by atoms with Gasteiger partial charge < -0.3 is 16.7 Å². The number of carboxylic acid groups (broad SMARTS) is 1. The van der Waals surface area contributed by atoms with Crippen molar-refractivity contribution in [2.45, 2.75) is 38.4 Å². The summed E-state index contributed by atoms with van der Waals surface area (Å²) in [6.45, 7) is 2.96. The number of nitrogen functional groups attached to an aromatic ring is 1. The maximum atomic E-state index is 11.6. The lowest BCUT2D eigenvalue weighted by Crippen LogP contribution is -2.38. The second-order valence-electron chi connectivity index (χ2n) is 8.64. The number of rotatable bonds is 8. The molecule has 5 N–H and O–H groups in total. The third kappa shape index (κ3) is 5.94. The number of aliphatic imine (C=N–C) groups is 1. The molecule has 1 aliphatic rings. The van der Waals surface area contributed by atoms with E-state index in [2.05, 4.69) is 26.1 Å². The predicted octanol–water partition coefficient (Wildman–Crippen LogP) is 2.54. The molecule has 37 heavy (non-hydrogen) atoms. The van der Waals surface area contributed by atoms with Crippen LogP contribution in [0, 0.1) is 11.3 Å². The van der Waals surface area contributed by atoms with Gasteiger partial charge in [0, 0.05) is 5.56 Å². The van der Waals surface area contributed by atoms with E-state index in [1.807, 2.05) is 36.1 Å². The van der Waals surface area contributed by atoms with Crippen LogP contribution in [-0.4, -0.2) is 55.4 Å². The van der Waals surface area contributed by atoms with Crippen LogP contribution in [0.4, 0.5) is 5.95 Å². The van der Waals surface area contributed by atoms with Crippen LogP contribution < -0.4 is 11.6 Å². The maximum Gasteiger partial charge on any atom is 0.320 e. The van der Waals surface area contributed by atoms with E-state index in [4.69, 9.17) is 16.6 Å². The third-order valence-electron chi connectivity index (χ3n) is 6.23. The Balaban J connectivity index is 1.50. The SMILES string of the molecule is C[C@@H](c1cccc(CN=CC(=NN)c2cc(-c3cccc(C#N)c3)nc(N)n2)n1)N1CCC[C@@H]1C(=O)O. The molecule has 0 unspecified atom stereocenters. The van der Waals surface area contributed by atoms with E-state index in [0.717, 1.165) is 24.4 Å². The number of likely N-dealkylation sites (tertiary alicyclic amines) is 1. The van der Waals surface area contributed by atoms with E-state index in [9.17, 15) is 15.2 Å². The summed E-state index contributed by atoms with van der Waals surface area (Å²) in [5.41, 5.74) is 9.87. The van der Waals surface area contributed by atoms with Gasteiger partial charge in [-0.05, 0) is 56.6 Å². The number of carbonyl (C=O) groups is 1. The van der Waals surface area contributed by atoms with Crippen LogP contribution in [0.25, 0.3) is 11.3 Å². The maximum absolute atomic E-state index is 11.6. The molecule has 0 amide bonds. The van der Waals surface area contributed by atoms with Crippen LogP contribution in [0.2, 0.25) is 0 Å². The van der Waals surface area contributed by atoms with Crippen molar-refractivity contribution in [1.82, 2.24) is 19.9 Å². The molecule has 11 heteroatoms. The minimum absolute atomic E-state index is 0.0364. The van der Waals surface area contributed by atoms with Gasteiger partial charge in [-0.1, -0.05) is 18.2 Å². The number of hydrogen-bond donors (Lipinski definition) is 3. The zero-order valence-corrected chi connectivity index (χ0v) is 20.3. The molecule has 0 saturated carbocycles. The number of pyridine rings is 1. The molecule has 3 aromatic rings. The summed E-state index contributed by atoms with van der Waals surface area (Å²) in [5, 5.41) is 22.5. The van der Waals surface area contributed by atoms with E-state index in [0.29, 0.717) is 34.6 Å². The Labute approximate surface area is 214 Å². The van der Waals surface area contributed by atoms with Gasteiger partial charge in [0.2, 0.25) is 5.95 Å². The molecule has 11 nitrogen and oxygen atoms in total. The zero-order valence-electron chi connectivity index (χ0n) is 20.3. The number of nitrogens with two attached hydrogens (primary N) is 2. The van der Waals surface area contributed by atoms with Crippen LogP contribution in [0.15, 0.2) is 58.6 Å². The fourth-order valence-electron chi connectivity index (χ4n) is 4.39. The average molecular weight is 498 g/mol. The summed E-state index contributed by atoms with van der Waals surface area (Å²) in [4.78, 5) is 31.2. The minimum Gasteiger partial charge on any atom is -0.480 e. The van der Waals surface area contributed by atoms with Crippen LogP contribution in [-0.2, 0) is 11.3 Å². The highest BCUT2D eigenvalue weighted by Gasteiger charge is 2.34. The molecule has 0 bridgehead atoms. The second kappa shape index (κ2) is 11.4. The fraction of sp³-hybridized carbons (Fsp3) is 0.269. The van der Waals surface area contributed by atoms with Crippen molar-refractivity contribution in [3.05, 3.63) is 71.2 Å². The number of hydrazone groups is 1. The smallest absolute Gasteiger partial charge is 0.320 e. The summed E-state index contributed by atoms with van der Waals surface area (Å²) in [6.07, 6.45) is 2.99. The molecule has 1 fully saturated rings. The molecule has 2 aromatic heterocycles. The van der Waals surface area contributed by atoms with Gasteiger partial charge in [-0.2, -0.15) is 10.4 Å². The van der Waals surface area contributed by atoms with E-state index in [1.54, 1.807) is 24.3 Å². The van der Waals surface area contributed by atoms with Crippen LogP contribution >= 0.6 is 0 Å². The number of carboxylic acids is 1. The summed E-state index contributed by atoms with van der Waals surface area (Å²) in [6, 6.07) is 15.8. The number of benzene rings is 1. The van der Waals surface area contributed by atoms with Gasteiger partial charge in [-0.25, -0.2) is 9.97 Å². The number of nitriles is 1. The molecule has 1 aliphatic heterocycles. The summed E-state index contributed by atoms with van der Waals surface area (Å²) < 4.78 is 0. The topological polar surface area (TPSA) is 180 Å². The van der Waals surface area contributed by atoms with E-state index in [1.165, 1.54) is 6.21 Å². The first-order valence-electron chi connectivity index (χ1n) is 11.8. The first kappa shape index (κ1) is 25.4. The molecule has 2 atom stereocenters. The number of aliphatic carboxylic acids is 1. The molecule has 1 aromatic carbocycles. The van der Waals surface area contributed by atoms with Crippen molar-refractivity contribution in [3.8, 4) is 17.3 Å². The zero-order chi connectivity index (χ0) is 26.4. The Morgan fingerprint density at radius 1 is 1.27 bits per heavy atom. The van der Waals surface area contributed by atoms with Crippen molar-refractivity contribution < 1.29 is 9.90 Å². The Morgan fingerprint density at radius 3 is 2.84 bits per heavy atom. The summed E-state index contributed by atoms with van der Waals surface area (Å²) in [5.74, 6) is 4.86. The van der Waals surface area contributed by atoms with Gasteiger partial charge in [0.05, 0.1) is 53.2 Å². The normalized spacial score (nSPS) is 17.1. The minimum atomic E-state index is -0.801. The molecule has 4 rings (SSSR count). The Morgan fingerprint density at radius 2 is 2.08 bits per heavy atom. The number of nitrogens with zero attached hydrogens (tertiary/aromatic N) is 7. The Hall–Kier alpha value is -4.69. The molecular formula is C26H27N9O2. The summed E-state index contributed by atoms with van der Waals surface area (Å²) in [7, 11) is 0. The Bertz CT molecular complexity index is 1400. The lowest BCUT2D eigenvalue weighted by molar-refractivity contribution is -0.142. The number of anilines is 1. The first-order chi connectivity index (χ1) is 17.9. The van der Waals surface area contributed by atoms with E-state index < -0.39 is 12.0 Å². The highest BCUT2D eigenvalue weighted by atomic mass is 16.4. The number of hydrogen-bond acceptors (Lipinski definition) is 10. The molecule has 1 saturated heterocycles. The monoisotopic (exact) mass is 497 g/mol. The van der Waals surface area contributed by atoms with Gasteiger partial charge >= 0.3 is 5.97 Å². The first-order valence-corrected chi connectivity index (χ1v) is 11.8. The lowest BCUT2D eigenvalue weighted by atomic mass is 10.1. The van der Waals surface area contributed by atoms with Gasteiger partial charge in [0.15, 0.2) is 0 Å². The van der Waals surface area contributed by atoms with E-state index in [-0.39, 0.29) is 18.5 Å². The Kier molecular flexibility index (Phi) is 7.80. The van der Waals surface area contributed by atoms with Crippen LogP contribution in [0.5, 0.6) is 0 Å². The van der Waals surface area contributed by atoms with Crippen molar-refractivity contribution in [2.24, 2.45) is 15.9 Å². The fourth-order valence-corrected chi connectivity index (χ4v) is 4.39. The van der Waals surface area contributed by atoms with Crippen LogP contribution in [0.3, 0.4) is 0 Å². The second-order valence-corrected chi connectivity index (χ2v) is 8.64. The molecule has 188 valence electrons. The molecular weight excluding hydrogens is 470 g/mol. The summed E-state index contributed by atoms with van der Waals surface area (Å²) >= 11 is 0. The van der Waals surface area contributed by atoms with Crippen molar-refractivity contribution in [1.29, 1.82) is 5.26 Å². The third-order valence-corrected chi connectivity index (χ3v) is 6.23.